The van der Waals surface area contributed by atoms with E-state index in [0.717, 1.165) is 22.8 Å². The fraction of sp³-hybridized carbons (Fsp3) is 0.231. The van der Waals surface area contributed by atoms with Crippen molar-refractivity contribution in [1.29, 1.82) is 0 Å². The molecule has 0 radical (unpaired) electrons. The van der Waals surface area contributed by atoms with Gasteiger partial charge < -0.3 is 19.9 Å². The second kappa shape index (κ2) is 5.11. The molecule has 0 spiro atoms. The number of hydrogen-bond donors (Lipinski definition) is 1. The maximum absolute atomic E-state index is 5.54. The maximum atomic E-state index is 5.54. The molecule has 2 heterocycles. The molecule has 3 rings (SSSR count). The SMILES string of the molecule is NCc1cnc(OCc2ccc3c(c2)OCO3)cn1. The zero-order valence-electron chi connectivity index (χ0n) is 10.2. The molecule has 19 heavy (non-hydrogen) atoms. The van der Waals surface area contributed by atoms with Crippen molar-refractivity contribution in [2.75, 3.05) is 6.79 Å². The molecule has 1 aromatic heterocycles. The van der Waals surface area contributed by atoms with Crippen molar-refractivity contribution >= 4 is 0 Å². The number of fused-ring (bicyclic) bond motifs is 1. The van der Waals surface area contributed by atoms with E-state index in [2.05, 4.69) is 9.97 Å². The minimum atomic E-state index is 0.270. The van der Waals surface area contributed by atoms with Gasteiger partial charge in [-0.3, -0.25) is 4.98 Å². The summed E-state index contributed by atoms with van der Waals surface area (Å²) >= 11 is 0. The third-order valence-corrected chi connectivity index (χ3v) is 2.71. The van der Waals surface area contributed by atoms with Crippen LogP contribution in [-0.4, -0.2) is 16.8 Å². The largest absolute Gasteiger partial charge is 0.472 e. The van der Waals surface area contributed by atoms with E-state index >= 15 is 0 Å². The molecule has 0 fully saturated rings. The molecule has 6 heteroatoms. The van der Waals surface area contributed by atoms with Crippen molar-refractivity contribution < 1.29 is 14.2 Å². The lowest BCUT2D eigenvalue weighted by Gasteiger charge is -2.06. The molecular weight excluding hydrogens is 246 g/mol. The Morgan fingerprint density at radius 3 is 2.84 bits per heavy atom. The molecule has 0 aliphatic carbocycles. The number of ether oxygens (including phenoxy) is 3. The molecule has 1 aliphatic heterocycles. The molecular formula is C13H13N3O3. The summed E-state index contributed by atoms with van der Waals surface area (Å²) in [6.07, 6.45) is 3.17. The van der Waals surface area contributed by atoms with Crippen LogP contribution in [0.3, 0.4) is 0 Å². The van der Waals surface area contributed by atoms with Crippen LogP contribution in [0.4, 0.5) is 0 Å². The highest BCUT2D eigenvalue weighted by atomic mass is 16.7. The predicted molar refractivity (Wildman–Crippen MR) is 66.8 cm³/mol. The summed E-state index contributed by atoms with van der Waals surface area (Å²) < 4.78 is 16.1. The average Bonchev–Trinajstić information content (AvgIpc) is 2.93. The molecule has 2 aromatic rings. The standard InChI is InChI=1S/C13H13N3O3/c14-4-10-5-16-13(6-15-10)17-7-9-1-2-11-12(3-9)19-8-18-11/h1-3,5-6H,4,7-8,14H2. The molecule has 0 atom stereocenters. The van der Waals surface area contributed by atoms with Gasteiger partial charge in [0.15, 0.2) is 11.5 Å². The number of rotatable bonds is 4. The fourth-order valence-electron chi connectivity index (χ4n) is 1.71. The summed E-state index contributed by atoms with van der Waals surface area (Å²) in [6.45, 7) is 1.04. The van der Waals surface area contributed by atoms with Gasteiger partial charge in [-0.2, -0.15) is 0 Å². The zero-order valence-corrected chi connectivity index (χ0v) is 10.2. The van der Waals surface area contributed by atoms with Gasteiger partial charge in [0.2, 0.25) is 12.7 Å². The van der Waals surface area contributed by atoms with Gasteiger partial charge in [0.05, 0.1) is 18.1 Å². The van der Waals surface area contributed by atoms with Crippen molar-refractivity contribution in [3.05, 3.63) is 41.9 Å². The summed E-state index contributed by atoms with van der Waals surface area (Å²) in [6, 6.07) is 5.68. The Balaban J connectivity index is 1.65. The van der Waals surface area contributed by atoms with Crippen LogP contribution < -0.4 is 19.9 Å². The van der Waals surface area contributed by atoms with Gasteiger partial charge in [0, 0.05) is 6.54 Å². The van der Waals surface area contributed by atoms with Gasteiger partial charge in [-0.1, -0.05) is 6.07 Å². The van der Waals surface area contributed by atoms with Crippen molar-refractivity contribution in [3.63, 3.8) is 0 Å². The molecule has 0 unspecified atom stereocenters. The van der Waals surface area contributed by atoms with E-state index in [1.54, 1.807) is 12.4 Å². The summed E-state index contributed by atoms with van der Waals surface area (Å²) in [5.41, 5.74) is 7.16. The smallest absolute Gasteiger partial charge is 0.232 e. The highest BCUT2D eigenvalue weighted by Crippen LogP contribution is 2.32. The van der Waals surface area contributed by atoms with Crippen LogP contribution in [-0.2, 0) is 13.2 Å². The van der Waals surface area contributed by atoms with Gasteiger partial charge in [-0.15, -0.1) is 0 Å². The molecule has 1 aromatic carbocycles. The number of nitrogens with zero attached hydrogens (tertiary/aromatic N) is 2. The highest BCUT2D eigenvalue weighted by Gasteiger charge is 2.13. The quantitative estimate of drug-likeness (QED) is 0.890. The molecule has 0 amide bonds. The average molecular weight is 259 g/mol. The first kappa shape index (κ1) is 11.7. The van der Waals surface area contributed by atoms with Gasteiger partial charge >= 0.3 is 0 Å². The lowest BCUT2D eigenvalue weighted by atomic mass is 10.2. The van der Waals surface area contributed by atoms with Crippen molar-refractivity contribution in [2.45, 2.75) is 13.2 Å². The molecule has 6 nitrogen and oxygen atoms in total. The second-order valence-corrected chi connectivity index (χ2v) is 4.03. The Hall–Kier alpha value is -2.34. The number of hydrogen-bond acceptors (Lipinski definition) is 6. The number of nitrogens with two attached hydrogens (primary N) is 1. The minimum Gasteiger partial charge on any atom is -0.472 e. The van der Waals surface area contributed by atoms with Crippen LogP contribution in [0.25, 0.3) is 0 Å². The zero-order chi connectivity index (χ0) is 13.1. The van der Waals surface area contributed by atoms with E-state index < -0.39 is 0 Å². The minimum absolute atomic E-state index is 0.270. The Morgan fingerprint density at radius 2 is 2.05 bits per heavy atom. The monoisotopic (exact) mass is 259 g/mol. The molecule has 2 N–H and O–H groups in total. The van der Waals surface area contributed by atoms with Crippen LogP contribution in [0, 0.1) is 0 Å². The Kier molecular flexibility index (Phi) is 3.16. The number of benzene rings is 1. The van der Waals surface area contributed by atoms with Crippen LogP contribution in [0.15, 0.2) is 30.6 Å². The number of aromatic nitrogens is 2. The first-order valence-electron chi connectivity index (χ1n) is 5.87. The molecule has 0 bridgehead atoms. The van der Waals surface area contributed by atoms with E-state index in [0.29, 0.717) is 19.0 Å². The lowest BCUT2D eigenvalue weighted by Crippen LogP contribution is -2.02. The summed E-state index contributed by atoms with van der Waals surface area (Å²) in [5.74, 6) is 1.97. The van der Waals surface area contributed by atoms with Crippen LogP contribution in [0.5, 0.6) is 17.4 Å². The lowest BCUT2D eigenvalue weighted by molar-refractivity contribution is 0.174. The summed E-state index contributed by atoms with van der Waals surface area (Å²) in [7, 11) is 0. The summed E-state index contributed by atoms with van der Waals surface area (Å²) in [4.78, 5) is 8.23. The third-order valence-electron chi connectivity index (χ3n) is 2.71. The fourth-order valence-corrected chi connectivity index (χ4v) is 1.71. The maximum Gasteiger partial charge on any atom is 0.232 e. The highest BCUT2D eigenvalue weighted by molar-refractivity contribution is 5.44. The van der Waals surface area contributed by atoms with Gasteiger partial charge in [0.1, 0.15) is 6.61 Å². The van der Waals surface area contributed by atoms with Gasteiger partial charge in [-0.05, 0) is 17.7 Å². The predicted octanol–water partition coefficient (Wildman–Crippen LogP) is 1.24. The first-order valence-corrected chi connectivity index (χ1v) is 5.87. The second-order valence-electron chi connectivity index (χ2n) is 4.03. The van der Waals surface area contributed by atoms with E-state index in [1.807, 2.05) is 18.2 Å². The molecule has 0 saturated carbocycles. The van der Waals surface area contributed by atoms with Crippen molar-refractivity contribution in [1.82, 2.24) is 9.97 Å². The van der Waals surface area contributed by atoms with Crippen molar-refractivity contribution in [2.24, 2.45) is 5.73 Å². The van der Waals surface area contributed by atoms with Gasteiger partial charge in [-0.25, -0.2) is 4.98 Å². The van der Waals surface area contributed by atoms with Crippen molar-refractivity contribution in [3.8, 4) is 17.4 Å². The Morgan fingerprint density at radius 1 is 1.16 bits per heavy atom. The molecule has 1 aliphatic rings. The Bertz CT molecular complexity index is 572. The van der Waals surface area contributed by atoms with E-state index in [1.165, 1.54) is 0 Å². The summed E-state index contributed by atoms with van der Waals surface area (Å²) in [5, 5.41) is 0. The van der Waals surface area contributed by atoms with E-state index in [-0.39, 0.29) is 6.79 Å². The normalized spacial score (nSPS) is 12.5. The van der Waals surface area contributed by atoms with Crippen LogP contribution >= 0.6 is 0 Å². The van der Waals surface area contributed by atoms with Gasteiger partial charge in [0.25, 0.3) is 0 Å². The topological polar surface area (TPSA) is 79.5 Å². The van der Waals surface area contributed by atoms with Crippen LogP contribution in [0.2, 0.25) is 0 Å². The van der Waals surface area contributed by atoms with Crippen LogP contribution in [0.1, 0.15) is 11.3 Å². The third kappa shape index (κ3) is 2.58. The molecule has 98 valence electrons. The first-order chi connectivity index (χ1) is 9.35. The van der Waals surface area contributed by atoms with E-state index in [4.69, 9.17) is 19.9 Å². The molecule has 0 saturated heterocycles. The Labute approximate surface area is 110 Å². The van der Waals surface area contributed by atoms with E-state index in [9.17, 15) is 0 Å².